The van der Waals surface area contributed by atoms with Crippen molar-refractivity contribution in [3.8, 4) is 0 Å². The lowest BCUT2D eigenvalue weighted by Gasteiger charge is -2.36. The second-order valence-corrected chi connectivity index (χ2v) is 7.00. The largest absolute Gasteiger partial charge is 0.368 e. The standard InChI is InChI=1S/C22H24FN3/c1-17-5-10-20-21(24-17)3-2-4-22(20)26-15-13-25(14-16-26)12-11-18-6-8-19(23)9-7-18/h2-10H,11-16H2,1H3. The molecule has 0 radical (unpaired) electrons. The van der Waals surface area contributed by atoms with Crippen molar-refractivity contribution >= 4 is 16.6 Å². The van der Waals surface area contributed by atoms with Gasteiger partial charge in [0.05, 0.1) is 5.52 Å². The van der Waals surface area contributed by atoms with Gasteiger partial charge < -0.3 is 4.90 Å². The smallest absolute Gasteiger partial charge is 0.123 e. The van der Waals surface area contributed by atoms with E-state index in [0.29, 0.717) is 0 Å². The SMILES string of the molecule is Cc1ccc2c(N3CCN(CCc4ccc(F)cc4)CC3)cccc2n1. The van der Waals surface area contributed by atoms with Crippen molar-refractivity contribution in [3.05, 3.63) is 71.7 Å². The molecular formula is C22H24FN3. The molecule has 0 aliphatic carbocycles. The van der Waals surface area contributed by atoms with Crippen molar-refractivity contribution < 1.29 is 4.39 Å². The zero-order valence-electron chi connectivity index (χ0n) is 15.2. The molecule has 4 rings (SSSR count). The Bertz CT molecular complexity index is 884. The van der Waals surface area contributed by atoms with Crippen LogP contribution in [0.3, 0.4) is 0 Å². The molecule has 0 atom stereocenters. The first kappa shape index (κ1) is 17.0. The lowest BCUT2D eigenvalue weighted by molar-refractivity contribution is 0.261. The summed E-state index contributed by atoms with van der Waals surface area (Å²) < 4.78 is 13.0. The molecule has 1 fully saturated rings. The number of halogens is 1. The highest BCUT2D eigenvalue weighted by molar-refractivity contribution is 5.92. The fraction of sp³-hybridized carbons (Fsp3) is 0.318. The van der Waals surface area contributed by atoms with E-state index in [1.807, 2.05) is 19.1 Å². The van der Waals surface area contributed by atoms with Gasteiger partial charge in [0.25, 0.3) is 0 Å². The lowest BCUT2D eigenvalue weighted by atomic mass is 10.1. The Kier molecular flexibility index (Phi) is 4.85. The molecule has 2 aromatic carbocycles. The number of aromatic nitrogens is 1. The van der Waals surface area contributed by atoms with Gasteiger partial charge in [-0.25, -0.2) is 4.39 Å². The lowest BCUT2D eigenvalue weighted by Crippen LogP contribution is -2.47. The minimum absolute atomic E-state index is 0.165. The molecule has 0 N–H and O–H groups in total. The predicted molar refractivity (Wildman–Crippen MR) is 105 cm³/mol. The van der Waals surface area contributed by atoms with Crippen LogP contribution < -0.4 is 4.90 Å². The van der Waals surface area contributed by atoms with Crippen molar-refractivity contribution in [2.45, 2.75) is 13.3 Å². The van der Waals surface area contributed by atoms with E-state index in [1.165, 1.54) is 16.6 Å². The van der Waals surface area contributed by atoms with Gasteiger partial charge in [0.1, 0.15) is 5.82 Å². The average molecular weight is 349 g/mol. The summed E-state index contributed by atoms with van der Waals surface area (Å²) in [5.41, 5.74) is 4.61. The van der Waals surface area contributed by atoms with E-state index in [-0.39, 0.29) is 5.82 Å². The van der Waals surface area contributed by atoms with Crippen molar-refractivity contribution in [2.24, 2.45) is 0 Å². The number of benzene rings is 2. The highest BCUT2D eigenvalue weighted by Crippen LogP contribution is 2.27. The average Bonchev–Trinajstić information content (AvgIpc) is 2.67. The normalized spacial score (nSPS) is 15.5. The van der Waals surface area contributed by atoms with E-state index in [1.54, 1.807) is 12.1 Å². The number of hydrogen-bond acceptors (Lipinski definition) is 3. The summed E-state index contributed by atoms with van der Waals surface area (Å²) in [6, 6.07) is 17.5. The quantitative estimate of drug-likeness (QED) is 0.708. The Morgan fingerprint density at radius 3 is 2.46 bits per heavy atom. The Balaban J connectivity index is 1.38. The van der Waals surface area contributed by atoms with Crippen LogP contribution >= 0.6 is 0 Å². The number of hydrogen-bond donors (Lipinski definition) is 0. The van der Waals surface area contributed by atoms with Crippen LogP contribution in [0.4, 0.5) is 10.1 Å². The second kappa shape index (κ2) is 7.42. The van der Waals surface area contributed by atoms with Crippen LogP contribution in [0, 0.1) is 12.7 Å². The van der Waals surface area contributed by atoms with Crippen LogP contribution in [0.1, 0.15) is 11.3 Å². The number of pyridine rings is 1. The fourth-order valence-corrected chi connectivity index (χ4v) is 3.67. The molecule has 3 aromatic rings. The molecule has 26 heavy (non-hydrogen) atoms. The van der Waals surface area contributed by atoms with Crippen LogP contribution in [-0.2, 0) is 6.42 Å². The summed E-state index contributed by atoms with van der Waals surface area (Å²) in [7, 11) is 0. The summed E-state index contributed by atoms with van der Waals surface area (Å²) >= 11 is 0. The molecule has 0 amide bonds. The molecule has 1 saturated heterocycles. The number of piperazine rings is 1. The number of fused-ring (bicyclic) bond motifs is 1. The highest BCUT2D eigenvalue weighted by Gasteiger charge is 2.18. The molecule has 0 spiro atoms. The zero-order valence-corrected chi connectivity index (χ0v) is 15.2. The van der Waals surface area contributed by atoms with Crippen LogP contribution in [0.25, 0.3) is 10.9 Å². The first-order chi connectivity index (χ1) is 12.7. The van der Waals surface area contributed by atoms with E-state index in [4.69, 9.17) is 0 Å². The molecule has 134 valence electrons. The summed E-state index contributed by atoms with van der Waals surface area (Å²) in [5.74, 6) is -0.165. The third-order valence-electron chi connectivity index (χ3n) is 5.19. The van der Waals surface area contributed by atoms with Crippen molar-refractivity contribution in [3.63, 3.8) is 0 Å². The minimum atomic E-state index is -0.165. The van der Waals surface area contributed by atoms with Crippen molar-refractivity contribution in [1.29, 1.82) is 0 Å². The van der Waals surface area contributed by atoms with Crippen LogP contribution in [0.2, 0.25) is 0 Å². The Morgan fingerprint density at radius 1 is 0.923 bits per heavy atom. The molecular weight excluding hydrogens is 325 g/mol. The van der Waals surface area contributed by atoms with E-state index in [9.17, 15) is 4.39 Å². The van der Waals surface area contributed by atoms with Gasteiger partial charge in [0.15, 0.2) is 0 Å². The number of anilines is 1. The van der Waals surface area contributed by atoms with Crippen LogP contribution in [-0.4, -0.2) is 42.6 Å². The topological polar surface area (TPSA) is 19.4 Å². The Labute approximate surface area is 154 Å². The van der Waals surface area contributed by atoms with Gasteiger partial charge in [-0.1, -0.05) is 18.2 Å². The maximum Gasteiger partial charge on any atom is 0.123 e. The predicted octanol–water partition coefficient (Wildman–Crippen LogP) is 4.05. The number of nitrogens with zero attached hydrogens (tertiary/aromatic N) is 3. The van der Waals surface area contributed by atoms with Gasteiger partial charge in [-0.05, 0) is 55.3 Å². The molecule has 0 bridgehead atoms. The number of aryl methyl sites for hydroxylation is 1. The van der Waals surface area contributed by atoms with Gasteiger partial charge in [-0.2, -0.15) is 0 Å². The first-order valence-corrected chi connectivity index (χ1v) is 9.27. The van der Waals surface area contributed by atoms with Gasteiger partial charge in [0, 0.05) is 49.5 Å². The third-order valence-corrected chi connectivity index (χ3v) is 5.19. The molecule has 4 heteroatoms. The van der Waals surface area contributed by atoms with Crippen molar-refractivity contribution in [1.82, 2.24) is 9.88 Å². The minimum Gasteiger partial charge on any atom is -0.368 e. The first-order valence-electron chi connectivity index (χ1n) is 9.27. The molecule has 1 aliphatic rings. The van der Waals surface area contributed by atoms with Crippen LogP contribution in [0.15, 0.2) is 54.6 Å². The van der Waals surface area contributed by atoms with Crippen LogP contribution in [0.5, 0.6) is 0 Å². The van der Waals surface area contributed by atoms with E-state index in [0.717, 1.165) is 50.4 Å². The van der Waals surface area contributed by atoms with Gasteiger partial charge in [0.2, 0.25) is 0 Å². The monoisotopic (exact) mass is 349 g/mol. The Morgan fingerprint density at radius 2 is 1.69 bits per heavy atom. The summed E-state index contributed by atoms with van der Waals surface area (Å²) in [6.45, 7) is 7.21. The highest BCUT2D eigenvalue weighted by atomic mass is 19.1. The molecule has 0 saturated carbocycles. The van der Waals surface area contributed by atoms with Gasteiger partial charge >= 0.3 is 0 Å². The molecule has 0 unspecified atom stereocenters. The molecule has 3 nitrogen and oxygen atoms in total. The Hall–Kier alpha value is -2.46. The fourth-order valence-electron chi connectivity index (χ4n) is 3.67. The van der Waals surface area contributed by atoms with Gasteiger partial charge in [-0.3, -0.25) is 9.88 Å². The summed E-state index contributed by atoms with van der Waals surface area (Å²) in [6.07, 6.45) is 0.970. The number of rotatable bonds is 4. The maximum atomic E-state index is 13.0. The summed E-state index contributed by atoms with van der Waals surface area (Å²) in [4.78, 5) is 9.61. The van der Waals surface area contributed by atoms with E-state index >= 15 is 0 Å². The van der Waals surface area contributed by atoms with E-state index < -0.39 is 0 Å². The zero-order chi connectivity index (χ0) is 17.9. The third kappa shape index (κ3) is 3.70. The van der Waals surface area contributed by atoms with Crippen molar-refractivity contribution in [2.75, 3.05) is 37.6 Å². The molecule has 1 aliphatic heterocycles. The van der Waals surface area contributed by atoms with E-state index in [2.05, 4.69) is 45.1 Å². The summed E-state index contributed by atoms with van der Waals surface area (Å²) in [5, 5.41) is 1.23. The second-order valence-electron chi connectivity index (χ2n) is 7.00. The maximum absolute atomic E-state index is 13.0. The molecule has 1 aromatic heterocycles. The molecule has 2 heterocycles. The van der Waals surface area contributed by atoms with Gasteiger partial charge in [-0.15, -0.1) is 0 Å².